The van der Waals surface area contributed by atoms with E-state index in [2.05, 4.69) is 20.8 Å². The fraction of sp³-hybridized carbons (Fsp3) is 1.00. The van der Waals surface area contributed by atoms with E-state index in [1.807, 2.05) is 20.8 Å². The number of hydrogen-bond donors (Lipinski definition) is 0. The van der Waals surface area contributed by atoms with Gasteiger partial charge in [-0.25, -0.2) is 0 Å². The second-order valence-electron chi connectivity index (χ2n) is 4.14. The molecular formula is C12H30O4Si2. The van der Waals surface area contributed by atoms with E-state index in [0.717, 1.165) is 18.1 Å². The Morgan fingerprint density at radius 1 is 0.611 bits per heavy atom. The summed E-state index contributed by atoms with van der Waals surface area (Å²) in [6.45, 7) is 14.1. The van der Waals surface area contributed by atoms with Gasteiger partial charge in [-0.3, -0.25) is 0 Å². The summed E-state index contributed by atoms with van der Waals surface area (Å²) in [5.41, 5.74) is 0. The zero-order chi connectivity index (χ0) is 14.1. The Bertz CT molecular complexity index is 185. The third-order valence-corrected chi connectivity index (χ3v) is 11.8. The van der Waals surface area contributed by atoms with Crippen LogP contribution in [0.25, 0.3) is 0 Å². The largest absolute Gasteiger partial charge is 0.669 e. The molecule has 0 aromatic heterocycles. The van der Waals surface area contributed by atoms with Gasteiger partial charge in [-0.1, -0.05) is 20.8 Å². The molecule has 0 aliphatic rings. The zero-order valence-electron chi connectivity index (χ0n) is 12.9. The fourth-order valence-electron chi connectivity index (χ4n) is 1.98. The smallest absolute Gasteiger partial charge is 0.394 e. The molecule has 0 N–H and O–H groups in total. The van der Waals surface area contributed by atoms with E-state index in [0.29, 0.717) is 19.8 Å². The van der Waals surface area contributed by atoms with Gasteiger partial charge in [0, 0.05) is 19.8 Å². The monoisotopic (exact) mass is 294 g/mol. The van der Waals surface area contributed by atoms with Crippen molar-refractivity contribution in [2.24, 2.45) is 0 Å². The summed E-state index contributed by atoms with van der Waals surface area (Å²) in [6, 6.07) is 3.21. The quantitative estimate of drug-likeness (QED) is 0.546. The molecule has 0 amide bonds. The Balaban J connectivity index is 5.02. The maximum atomic E-state index is 6.41. The Labute approximate surface area is 115 Å². The normalized spacial score (nSPS) is 13.0. The predicted octanol–water partition coefficient (Wildman–Crippen LogP) is 3.55. The van der Waals surface area contributed by atoms with Crippen molar-refractivity contribution in [3.05, 3.63) is 0 Å². The van der Waals surface area contributed by atoms with Crippen LogP contribution in [-0.4, -0.2) is 37.2 Å². The third kappa shape index (κ3) is 5.10. The van der Waals surface area contributed by atoms with Gasteiger partial charge < -0.3 is 17.4 Å². The van der Waals surface area contributed by atoms with Crippen molar-refractivity contribution in [1.82, 2.24) is 0 Å². The van der Waals surface area contributed by atoms with E-state index >= 15 is 0 Å². The Morgan fingerprint density at radius 3 is 1.17 bits per heavy atom. The highest BCUT2D eigenvalue weighted by atomic mass is 28.5. The molecular weight excluding hydrogens is 264 g/mol. The van der Waals surface area contributed by atoms with Crippen LogP contribution in [0.3, 0.4) is 0 Å². The van der Waals surface area contributed by atoms with Gasteiger partial charge >= 0.3 is 9.05 Å². The molecule has 110 valence electrons. The van der Waals surface area contributed by atoms with Crippen molar-refractivity contribution in [3.63, 3.8) is 0 Å². The minimum atomic E-state index is -2.93. The lowest BCUT2D eigenvalue weighted by molar-refractivity contribution is 0.00617. The second-order valence-corrected chi connectivity index (χ2v) is 11.3. The van der Waals surface area contributed by atoms with Gasteiger partial charge in [0.05, 0.1) is 0 Å². The van der Waals surface area contributed by atoms with Gasteiger partial charge in [-0.05, 0) is 38.9 Å². The van der Waals surface area contributed by atoms with Gasteiger partial charge in [0.15, 0.2) is 8.32 Å². The molecule has 0 saturated carbocycles. The summed E-state index contributed by atoms with van der Waals surface area (Å²) < 4.78 is 23.7. The topological polar surface area (TPSA) is 36.9 Å². The molecule has 6 heteroatoms. The summed E-state index contributed by atoms with van der Waals surface area (Å²) >= 11 is 0. The molecule has 0 atom stereocenters. The Kier molecular flexibility index (Phi) is 9.36. The van der Waals surface area contributed by atoms with E-state index in [1.54, 1.807) is 0 Å². The van der Waals surface area contributed by atoms with Gasteiger partial charge in [0.1, 0.15) is 0 Å². The minimum absolute atomic E-state index is 0.563. The lowest BCUT2D eigenvalue weighted by Gasteiger charge is -2.37. The highest BCUT2D eigenvalue weighted by molar-refractivity contribution is 6.80. The molecule has 0 spiro atoms. The van der Waals surface area contributed by atoms with Gasteiger partial charge in [0.25, 0.3) is 0 Å². The van der Waals surface area contributed by atoms with E-state index in [-0.39, 0.29) is 0 Å². The average molecular weight is 295 g/mol. The molecule has 0 radical (unpaired) electrons. The minimum Gasteiger partial charge on any atom is -0.394 e. The maximum Gasteiger partial charge on any atom is 0.669 e. The summed E-state index contributed by atoms with van der Waals surface area (Å²) in [5, 5.41) is 0. The molecule has 0 aliphatic carbocycles. The lowest BCUT2D eigenvalue weighted by atomic mass is 10.9. The first-order valence-corrected chi connectivity index (χ1v) is 11.4. The lowest BCUT2D eigenvalue weighted by Crippen LogP contribution is -2.57. The van der Waals surface area contributed by atoms with E-state index in [4.69, 9.17) is 17.4 Å². The SMILES string of the molecule is CCO[Si](OCC)(OCC)O[Si](CC)(CC)CC. The first kappa shape index (κ1) is 18.3. The van der Waals surface area contributed by atoms with Crippen LogP contribution in [-0.2, 0) is 17.4 Å². The first-order valence-electron chi connectivity index (χ1n) is 7.19. The summed E-state index contributed by atoms with van der Waals surface area (Å²) in [7, 11) is -4.71. The van der Waals surface area contributed by atoms with Crippen molar-refractivity contribution in [2.75, 3.05) is 19.8 Å². The predicted molar refractivity (Wildman–Crippen MR) is 78.9 cm³/mol. The van der Waals surface area contributed by atoms with E-state index < -0.39 is 17.4 Å². The second kappa shape index (κ2) is 9.22. The molecule has 0 unspecified atom stereocenters. The molecule has 0 aliphatic heterocycles. The molecule has 0 bridgehead atoms. The van der Waals surface area contributed by atoms with Gasteiger partial charge in [-0.15, -0.1) is 0 Å². The van der Waals surface area contributed by atoms with Crippen LogP contribution < -0.4 is 0 Å². The van der Waals surface area contributed by atoms with Crippen LogP contribution in [0, 0.1) is 0 Å². The molecule has 0 fully saturated rings. The fourth-order valence-corrected chi connectivity index (χ4v) is 9.35. The van der Waals surface area contributed by atoms with Crippen LogP contribution >= 0.6 is 0 Å². The van der Waals surface area contributed by atoms with Crippen LogP contribution in [0.15, 0.2) is 0 Å². The van der Waals surface area contributed by atoms with Crippen LogP contribution in [0.5, 0.6) is 0 Å². The summed E-state index contributed by atoms with van der Waals surface area (Å²) in [5.74, 6) is 0. The standard InChI is InChI=1S/C12H30O4Si2/c1-7-13-18(14-8-2,15-9-3)16-17(10-4,11-5)12-6/h7-12H2,1-6H3. The van der Waals surface area contributed by atoms with Gasteiger partial charge in [-0.2, -0.15) is 0 Å². The van der Waals surface area contributed by atoms with Crippen molar-refractivity contribution >= 4 is 17.4 Å². The zero-order valence-corrected chi connectivity index (χ0v) is 14.9. The number of rotatable bonds is 11. The third-order valence-electron chi connectivity index (χ3n) is 3.24. The number of hydrogen-bond acceptors (Lipinski definition) is 4. The highest BCUT2D eigenvalue weighted by Gasteiger charge is 2.50. The van der Waals surface area contributed by atoms with Crippen molar-refractivity contribution in [1.29, 1.82) is 0 Å². The molecule has 4 nitrogen and oxygen atoms in total. The highest BCUT2D eigenvalue weighted by Crippen LogP contribution is 2.27. The van der Waals surface area contributed by atoms with E-state index in [9.17, 15) is 0 Å². The molecule has 0 saturated heterocycles. The summed E-state index contributed by atoms with van der Waals surface area (Å²) in [6.07, 6.45) is 0. The molecule has 0 aromatic rings. The van der Waals surface area contributed by atoms with Crippen LogP contribution in [0.2, 0.25) is 18.1 Å². The Hall–Kier alpha value is 0.274. The Morgan fingerprint density at radius 2 is 0.944 bits per heavy atom. The van der Waals surface area contributed by atoms with Crippen LogP contribution in [0.1, 0.15) is 41.5 Å². The van der Waals surface area contributed by atoms with E-state index in [1.165, 1.54) is 0 Å². The van der Waals surface area contributed by atoms with Crippen molar-refractivity contribution in [2.45, 2.75) is 59.7 Å². The molecule has 18 heavy (non-hydrogen) atoms. The van der Waals surface area contributed by atoms with Crippen LogP contribution in [0.4, 0.5) is 0 Å². The van der Waals surface area contributed by atoms with Crippen molar-refractivity contribution < 1.29 is 17.4 Å². The molecule has 0 rings (SSSR count). The maximum absolute atomic E-state index is 6.41. The van der Waals surface area contributed by atoms with Gasteiger partial charge in [0.2, 0.25) is 0 Å². The summed E-state index contributed by atoms with van der Waals surface area (Å²) in [4.78, 5) is 0. The molecule has 0 heterocycles. The average Bonchev–Trinajstić information content (AvgIpc) is 2.37. The van der Waals surface area contributed by atoms with Crippen molar-refractivity contribution in [3.8, 4) is 0 Å². The molecule has 0 aromatic carbocycles. The first-order chi connectivity index (χ1) is 8.57.